The lowest BCUT2D eigenvalue weighted by molar-refractivity contribution is -0.122. The van der Waals surface area contributed by atoms with Crippen LogP contribution in [0.1, 0.15) is 6.92 Å². The summed E-state index contributed by atoms with van der Waals surface area (Å²) in [4.78, 5) is 11.9. The van der Waals surface area contributed by atoms with E-state index in [2.05, 4.69) is 5.32 Å². The highest BCUT2D eigenvalue weighted by molar-refractivity contribution is 6.30. The predicted molar refractivity (Wildman–Crippen MR) is 76.6 cm³/mol. The third-order valence-corrected chi connectivity index (χ3v) is 2.87. The lowest BCUT2D eigenvalue weighted by atomic mass is 10.3. The Kier molecular flexibility index (Phi) is 4.58. The summed E-state index contributed by atoms with van der Waals surface area (Å²) >= 11 is 5.76. The summed E-state index contributed by atoms with van der Waals surface area (Å²) < 4.78 is 18.7. The zero-order valence-corrected chi connectivity index (χ0v) is 11.5. The number of hydrogen-bond donors (Lipinski definition) is 1. The van der Waals surface area contributed by atoms with Crippen LogP contribution in [0.4, 0.5) is 10.1 Å². The molecule has 2 aromatic rings. The van der Waals surface area contributed by atoms with Crippen molar-refractivity contribution in [1.29, 1.82) is 0 Å². The summed E-state index contributed by atoms with van der Waals surface area (Å²) in [6, 6.07) is 12.6. The highest BCUT2D eigenvalue weighted by Crippen LogP contribution is 2.18. The molecule has 5 heteroatoms. The van der Waals surface area contributed by atoms with Gasteiger partial charge in [-0.25, -0.2) is 4.39 Å². The van der Waals surface area contributed by atoms with Gasteiger partial charge in [-0.05, 0) is 43.3 Å². The first-order chi connectivity index (χ1) is 9.56. The Morgan fingerprint density at radius 2 is 1.85 bits per heavy atom. The average Bonchev–Trinajstić information content (AvgIpc) is 2.44. The van der Waals surface area contributed by atoms with E-state index >= 15 is 0 Å². The summed E-state index contributed by atoms with van der Waals surface area (Å²) in [5.41, 5.74) is 0.600. The summed E-state index contributed by atoms with van der Waals surface area (Å²) in [5.74, 6) is -0.819. The first kappa shape index (κ1) is 14.3. The molecule has 0 saturated heterocycles. The van der Waals surface area contributed by atoms with Gasteiger partial charge in [0.2, 0.25) is 0 Å². The molecule has 104 valence electrons. The minimum Gasteiger partial charge on any atom is -0.478 e. The minimum absolute atomic E-state index is 0.0475. The molecule has 0 aromatic heterocycles. The molecule has 0 heterocycles. The molecule has 0 unspecified atom stereocenters. The van der Waals surface area contributed by atoms with E-state index in [9.17, 15) is 9.18 Å². The number of carbonyl (C=O) groups is 1. The Morgan fingerprint density at radius 1 is 1.20 bits per heavy atom. The number of rotatable bonds is 4. The highest BCUT2D eigenvalue weighted by atomic mass is 35.5. The van der Waals surface area contributed by atoms with Crippen LogP contribution in [0.2, 0.25) is 5.02 Å². The van der Waals surface area contributed by atoms with Crippen molar-refractivity contribution in [1.82, 2.24) is 0 Å². The van der Waals surface area contributed by atoms with Gasteiger partial charge in [0.15, 0.2) is 17.7 Å². The van der Waals surface area contributed by atoms with Crippen molar-refractivity contribution in [2.75, 3.05) is 5.32 Å². The molecule has 0 saturated carbocycles. The molecule has 0 aliphatic heterocycles. The quantitative estimate of drug-likeness (QED) is 0.929. The van der Waals surface area contributed by atoms with Gasteiger partial charge < -0.3 is 10.1 Å². The number of halogens is 2. The second-order valence-corrected chi connectivity index (χ2v) is 4.62. The van der Waals surface area contributed by atoms with Gasteiger partial charge in [0.1, 0.15) is 0 Å². The summed E-state index contributed by atoms with van der Waals surface area (Å²) in [6.45, 7) is 1.55. The van der Waals surface area contributed by atoms with Gasteiger partial charge in [-0.1, -0.05) is 23.7 Å². The van der Waals surface area contributed by atoms with Crippen LogP contribution < -0.4 is 10.1 Å². The van der Waals surface area contributed by atoms with E-state index in [-0.39, 0.29) is 11.7 Å². The summed E-state index contributed by atoms with van der Waals surface area (Å²) in [6.07, 6.45) is -0.817. The van der Waals surface area contributed by atoms with Gasteiger partial charge >= 0.3 is 0 Å². The van der Waals surface area contributed by atoms with Crippen molar-refractivity contribution in [3.63, 3.8) is 0 Å². The Balaban J connectivity index is 1.99. The number of benzene rings is 2. The maximum atomic E-state index is 13.4. The Bertz CT molecular complexity index is 601. The minimum atomic E-state index is -0.817. The maximum Gasteiger partial charge on any atom is 0.265 e. The molecule has 20 heavy (non-hydrogen) atoms. The summed E-state index contributed by atoms with van der Waals surface area (Å²) in [5, 5.41) is 3.25. The molecule has 0 aliphatic rings. The SMILES string of the molecule is C[C@@H](Oc1ccccc1F)C(=O)Nc1ccc(Cl)cc1. The smallest absolute Gasteiger partial charge is 0.265 e. The second kappa shape index (κ2) is 6.39. The third-order valence-electron chi connectivity index (χ3n) is 2.62. The number of carbonyl (C=O) groups excluding carboxylic acids is 1. The third kappa shape index (κ3) is 3.71. The van der Waals surface area contributed by atoms with E-state index in [4.69, 9.17) is 16.3 Å². The van der Waals surface area contributed by atoms with Crippen LogP contribution in [0.5, 0.6) is 5.75 Å². The lowest BCUT2D eigenvalue weighted by Gasteiger charge is -2.15. The lowest BCUT2D eigenvalue weighted by Crippen LogP contribution is -2.30. The van der Waals surface area contributed by atoms with E-state index in [0.717, 1.165) is 0 Å². The van der Waals surface area contributed by atoms with Crippen LogP contribution >= 0.6 is 11.6 Å². The van der Waals surface area contributed by atoms with E-state index in [1.165, 1.54) is 12.1 Å². The van der Waals surface area contributed by atoms with Crippen molar-refractivity contribution < 1.29 is 13.9 Å². The number of ether oxygens (including phenoxy) is 1. The standard InChI is InChI=1S/C15H13ClFNO2/c1-10(20-14-5-3-2-4-13(14)17)15(19)18-12-8-6-11(16)7-9-12/h2-10H,1H3,(H,18,19)/t10-/m1/s1. The van der Waals surface area contributed by atoms with Crippen molar-refractivity contribution in [2.24, 2.45) is 0 Å². The largest absolute Gasteiger partial charge is 0.478 e. The van der Waals surface area contributed by atoms with Crippen LogP contribution in [0, 0.1) is 5.82 Å². The fraction of sp³-hybridized carbons (Fsp3) is 0.133. The van der Waals surface area contributed by atoms with Crippen LogP contribution in [-0.4, -0.2) is 12.0 Å². The fourth-order valence-corrected chi connectivity index (χ4v) is 1.69. The van der Waals surface area contributed by atoms with Crippen molar-refractivity contribution >= 4 is 23.2 Å². The van der Waals surface area contributed by atoms with Gasteiger partial charge in [-0.3, -0.25) is 4.79 Å². The van der Waals surface area contributed by atoms with E-state index in [0.29, 0.717) is 10.7 Å². The first-order valence-corrected chi connectivity index (χ1v) is 6.41. The topological polar surface area (TPSA) is 38.3 Å². The van der Waals surface area contributed by atoms with Crippen LogP contribution in [0.25, 0.3) is 0 Å². The molecular formula is C15H13ClFNO2. The number of para-hydroxylation sites is 1. The molecule has 0 bridgehead atoms. The molecule has 0 radical (unpaired) electrons. The van der Waals surface area contributed by atoms with Crippen molar-refractivity contribution in [3.8, 4) is 5.75 Å². The zero-order chi connectivity index (χ0) is 14.5. The first-order valence-electron chi connectivity index (χ1n) is 6.04. The summed E-state index contributed by atoms with van der Waals surface area (Å²) in [7, 11) is 0. The Labute approximate surface area is 121 Å². The normalized spacial score (nSPS) is 11.8. The molecule has 0 spiro atoms. The monoisotopic (exact) mass is 293 g/mol. The number of nitrogens with one attached hydrogen (secondary N) is 1. The van der Waals surface area contributed by atoms with E-state index in [1.54, 1.807) is 43.3 Å². The van der Waals surface area contributed by atoms with Crippen LogP contribution in [0.3, 0.4) is 0 Å². The zero-order valence-electron chi connectivity index (χ0n) is 10.8. The van der Waals surface area contributed by atoms with Crippen LogP contribution in [0.15, 0.2) is 48.5 Å². The number of amides is 1. The van der Waals surface area contributed by atoms with Gasteiger partial charge in [0.25, 0.3) is 5.91 Å². The van der Waals surface area contributed by atoms with Crippen molar-refractivity contribution in [2.45, 2.75) is 13.0 Å². The van der Waals surface area contributed by atoms with Gasteiger partial charge in [0, 0.05) is 10.7 Å². The average molecular weight is 294 g/mol. The molecule has 2 aromatic carbocycles. The Morgan fingerprint density at radius 3 is 2.50 bits per heavy atom. The molecular weight excluding hydrogens is 281 g/mol. The van der Waals surface area contributed by atoms with Gasteiger partial charge in [0.05, 0.1) is 0 Å². The molecule has 1 N–H and O–H groups in total. The van der Waals surface area contributed by atoms with Gasteiger partial charge in [-0.2, -0.15) is 0 Å². The molecule has 1 amide bonds. The number of anilines is 1. The van der Waals surface area contributed by atoms with Gasteiger partial charge in [-0.15, -0.1) is 0 Å². The van der Waals surface area contributed by atoms with E-state index in [1.807, 2.05) is 0 Å². The fourth-order valence-electron chi connectivity index (χ4n) is 1.56. The van der Waals surface area contributed by atoms with Crippen molar-refractivity contribution in [3.05, 3.63) is 59.4 Å². The second-order valence-electron chi connectivity index (χ2n) is 4.19. The Hall–Kier alpha value is -2.07. The maximum absolute atomic E-state index is 13.4. The van der Waals surface area contributed by atoms with E-state index < -0.39 is 11.9 Å². The molecule has 3 nitrogen and oxygen atoms in total. The van der Waals surface area contributed by atoms with Crippen LogP contribution in [-0.2, 0) is 4.79 Å². The molecule has 0 aliphatic carbocycles. The molecule has 1 atom stereocenters. The molecule has 0 fully saturated rings. The number of hydrogen-bond acceptors (Lipinski definition) is 2. The highest BCUT2D eigenvalue weighted by Gasteiger charge is 2.16. The molecule has 2 rings (SSSR count). The predicted octanol–water partition coefficient (Wildman–Crippen LogP) is 3.89.